The summed E-state index contributed by atoms with van der Waals surface area (Å²) in [4.78, 5) is 0.234. The van der Waals surface area contributed by atoms with E-state index in [1.165, 1.54) is 0 Å². The minimum Gasteiger partial charge on any atom is -0.327 e. The van der Waals surface area contributed by atoms with Crippen molar-refractivity contribution in [2.45, 2.75) is 50.0 Å². The smallest absolute Gasteiger partial charge is 0.244 e. The second-order valence-electron chi connectivity index (χ2n) is 7.19. The maximum Gasteiger partial charge on any atom is 0.244 e. The van der Waals surface area contributed by atoms with Gasteiger partial charge < -0.3 is 5.73 Å². The van der Waals surface area contributed by atoms with Crippen molar-refractivity contribution >= 4 is 21.6 Å². The molecular formula is C17H25ClN2O2S. The van der Waals surface area contributed by atoms with E-state index in [0.29, 0.717) is 24.0 Å². The first kappa shape index (κ1) is 17.2. The average Bonchev–Trinajstić information content (AvgIpc) is 2.93. The molecule has 0 bridgehead atoms. The first-order chi connectivity index (χ1) is 10.8. The lowest BCUT2D eigenvalue weighted by Gasteiger charge is -2.29. The van der Waals surface area contributed by atoms with E-state index >= 15 is 0 Å². The van der Waals surface area contributed by atoms with Gasteiger partial charge in [-0.05, 0) is 48.3 Å². The Balaban J connectivity index is 1.92. The van der Waals surface area contributed by atoms with Crippen LogP contribution in [-0.2, 0) is 10.0 Å². The number of nitrogens with two attached hydrogens (primary N) is 1. The van der Waals surface area contributed by atoms with Gasteiger partial charge in [0.05, 0.1) is 5.02 Å². The molecule has 3 unspecified atom stereocenters. The second-order valence-corrected chi connectivity index (χ2v) is 9.50. The number of benzene rings is 1. The van der Waals surface area contributed by atoms with Crippen LogP contribution in [-0.4, -0.2) is 31.9 Å². The summed E-state index contributed by atoms with van der Waals surface area (Å²) in [6.45, 7) is 5.19. The Morgan fingerprint density at radius 3 is 2.65 bits per heavy atom. The van der Waals surface area contributed by atoms with Crippen LogP contribution in [0.4, 0.5) is 0 Å². The summed E-state index contributed by atoms with van der Waals surface area (Å²) < 4.78 is 27.8. The van der Waals surface area contributed by atoms with Crippen molar-refractivity contribution in [2.24, 2.45) is 17.6 Å². The fraction of sp³-hybridized carbons (Fsp3) is 0.647. The normalized spacial score (nSPS) is 29.0. The lowest BCUT2D eigenvalue weighted by atomic mass is 9.78. The van der Waals surface area contributed by atoms with Gasteiger partial charge in [0.25, 0.3) is 0 Å². The first-order valence-electron chi connectivity index (χ1n) is 8.36. The van der Waals surface area contributed by atoms with Crippen molar-refractivity contribution in [3.8, 4) is 0 Å². The van der Waals surface area contributed by atoms with Gasteiger partial charge in [0.2, 0.25) is 10.0 Å². The van der Waals surface area contributed by atoms with Crippen molar-refractivity contribution < 1.29 is 8.42 Å². The fourth-order valence-electron chi connectivity index (χ4n) is 3.89. The number of fused-ring (bicyclic) bond motifs is 1. The zero-order chi connectivity index (χ0) is 16.8. The van der Waals surface area contributed by atoms with E-state index in [1.807, 2.05) is 19.9 Å². The molecule has 1 saturated carbocycles. The molecule has 128 valence electrons. The first-order valence-corrected chi connectivity index (χ1v) is 10.2. The number of rotatable bonds is 3. The number of halogens is 1. The van der Waals surface area contributed by atoms with Crippen LogP contribution in [0.25, 0.3) is 0 Å². The molecule has 3 atom stereocenters. The molecule has 0 radical (unpaired) electrons. The molecule has 2 fully saturated rings. The standard InChI is InChI=1S/C17H25ClN2O2S/c1-11(2)12-6-7-15(18)17(8-12)23(21,22)20-9-13-4-3-5-16(19)14(13)10-20/h6-8,11,13-14,16H,3-5,9-10,19H2,1-2H3. The molecule has 1 aromatic carbocycles. The molecule has 23 heavy (non-hydrogen) atoms. The van der Waals surface area contributed by atoms with E-state index in [4.69, 9.17) is 17.3 Å². The van der Waals surface area contributed by atoms with Crippen molar-refractivity contribution in [3.05, 3.63) is 28.8 Å². The maximum atomic E-state index is 13.1. The third kappa shape index (κ3) is 3.16. The topological polar surface area (TPSA) is 63.4 Å². The summed E-state index contributed by atoms with van der Waals surface area (Å²) >= 11 is 6.21. The monoisotopic (exact) mass is 356 g/mol. The molecule has 1 aliphatic carbocycles. The highest BCUT2D eigenvalue weighted by Gasteiger charge is 2.43. The summed E-state index contributed by atoms with van der Waals surface area (Å²) in [5.41, 5.74) is 7.20. The molecule has 2 N–H and O–H groups in total. The van der Waals surface area contributed by atoms with E-state index in [0.717, 1.165) is 24.8 Å². The summed E-state index contributed by atoms with van der Waals surface area (Å²) in [6, 6.07) is 5.43. The van der Waals surface area contributed by atoms with Crippen LogP contribution >= 0.6 is 11.6 Å². The molecule has 3 rings (SSSR count). The largest absolute Gasteiger partial charge is 0.327 e. The van der Waals surface area contributed by atoms with Gasteiger partial charge in [0.15, 0.2) is 0 Å². The van der Waals surface area contributed by atoms with E-state index in [-0.39, 0.29) is 22.8 Å². The Hall–Kier alpha value is -0.620. The third-order valence-electron chi connectivity index (χ3n) is 5.36. The Bertz CT molecular complexity index is 690. The van der Waals surface area contributed by atoms with Crippen LogP contribution in [0.3, 0.4) is 0 Å². The lowest BCUT2D eigenvalue weighted by Crippen LogP contribution is -2.38. The van der Waals surface area contributed by atoms with Crippen LogP contribution < -0.4 is 5.73 Å². The molecule has 1 heterocycles. The zero-order valence-electron chi connectivity index (χ0n) is 13.7. The molecule has 0 aromatic heterocycles. The van der Waals surface area contributed by atoms with Crippen LogP contribution in [0.15, 0.2) is 23.1 Å². The van der Waals surface area contributed by atoms with Gasteiger partial charge in [-0.25, -0.2) is 8.42 Å². The molecule has 1 aliphatic heterocycles. The number of hydrogen-bond acceptors (Lipinski definition) is 3. The summed E-state index contributed by atoms with van der Waals surface area (Å²) in [6.07, 6.45) is 3.17. The Kier molecular flexibility index (Phi) is 4.76. The zero-order valence-corrected chi connectivity index (χ0v) is 15.3. The molecule has 6 heteroatoms. The number of nitrogens with zero attached hydrogens (tertiary/aromatic N) is 1. The van der Waals surface area contributed by atoms with Crippen molar-refractivity contribution in [2.75, 3.05) is 13.1 Å². The molecule has 1 aromatic rings. The van der Waals surface area contributed by atoms with Gasteiger partial charge in [0.1, 0.15) is 4.90 Å². The molecule has 0 amide bonds. The van der Waals surface area contributed by atoms with E-state index < -0.39 is 10.0 Å². The van der Waals surface area contributed by atoms with Gasteiger partial charge >= 0.3 is 0 Å². The highest BCUT2D eigenvalue weighted by molar-refractivity contribution is 7.89. The van der Waals surface area contributed by atoms with Gasteiger partial charge in [-0.1, -0.05) is 37.9 Å². The average molecular weight is 357 g/mol. The minimum atomic E-state index is -3.56. The SMILES string of the molecule is CC(C)c1ccc(Cl)c(S(=O)(=O)N2CC3CCCC(N)C3C2)c1. The molecule has 2 aliphatic rings. The number of sulfonamides is 1. The van der Waals surface area contributed by atoms with Crippen molar-refractivity contribution in [1.29, 1.82) is 0 Å². The predicted octanol–water partition coefficient (Wildman–Crippen LogP) is 3.21. The Morgan fingerprint density at radius 1 is 1.26 bits per heavy atom. The Labute approximate surface area is 144 Å². The summed E-state index contributed by atoms with van der Waals surface area (Å²) in [5, 5.41) is 0.300. The van der Waals surface area contributed by atoms with Crippen LogP contribution in [0, 0.1) is 11.8 Å². The summed E-state index contributed by atoms with van der Waals surface area (Å²) in [5.74, 6) is 0.932. The quantitative estimate of drug-likeness (QED) is 0.904. The van der Waals surface area contributed by atoms with Crippen molar-refractivity contribution in [3.63, 3.8) is 0 Å². The molecule has 1 saturated heterocycles. The second kappa shape index (κ2) is 6.36. The van der Waals surface area contributed by atoms with Crippen molar-refractivity contribution in [1.82, 2.24) is 4.31 Å². The number of hydrogen-bond donors (Lipinski definition) is 1. The minimum absolute atomic E-state index is 0.117. The van der Waals surface area contributed by atoms with E-state index in [9.17, 15) is 8.42 Å². The Morgan fingerprint density at radius 2 is 2.00 bits per heavy atom. The van der Waals surface area contributed by atoms with Gasteiger partial charge in [-0.15, -0.1) is 0 Å². The highest BCUT2D eigenvalue weighted by atomic mass is 35.5. The molecular weight excluding hydrogens is 332 g/mol. The molecule has 0 spiro atoms. The van der Waals surface area contributed by atoms with Gasteiger partial charge in [-0.3, -0.25) is 0 Å². The summed E-state index contributed by atoms with van der Waals surface area (Å²) in [7, 11) is -3.56. The molecule has 4 nitrogen and oxygen atoms in total. The highest BCUT2D eigenvalue weighted by Crippen LogP contribution is 2.39. The van der Waals surface area contributed by atoms with E-state index in [2.05, 4.69) is 0 Å². The van der Waals surface area contributed by atoms with Crippen LogP contribution in [0.1, 0.15) is 44.6 Å². The van der Waals surface area contributed by atoms with Crippen LogP contribution in [0.2, 0.25) is 5.02 Å². The van der Waals surface area contributed by atoms with Gasteiger partial charge in [-0.2, -0.15) is 4.31 Å². The van der Waals surface area contributed by atoms with Gasteiger partial charge in [0, 0.05) is 19.1 Å². The van der Waals surface area contributed by atoms with Crippen LogP contribution in [0.5, 0.6) is 0 Å². The maximum absolute atomic E-state index is 13.1. The third-order valence-corrected chi connectivity index (χ3v) is 7.67. The van der Waals surface area contributed by atoms with E-state index in [1.54, 1.807) is 16.4 Å². The lowest BCUT2D eigenvalue weighted by molar-refractivity contribution is 0.260. The predicted molar refractivity (Wildman–Crippen MR) is 93.1 cm³/mol. The fourth-order valence-corrected chi connectivity index (χ4v) is 5.93.